The van der Waals surface area contributed by atoms with E-state index in [1.807, 2.05) is 11.0 Å². The Labute approximate surface area is 203 Å². The number of hydrogen-bond acceptors (Lipinski definition) is 7. The molecule has 3 N–H and O–H groups in total. The highest BCUT2D eigenvalue weighted by atomic mass is 19.1. The van der Waals surface area contributed by atoms with Crippen molar-refractivity contribution in [3.63, 3.8) is 0 Å². The van der Waals surface area contributed by atoms with Crippen LogP contribution in [-0.4, -0.2) is 43.6 Å². The van der Waals surface area contributed by atoms with Crippen LogP contribution < -0.4 is 15.5 Å². The first-order chi connectivity index (χ1) is 16.9. The maximum absolute atomic E-state index is 13.2. The molecule has 9 nitrogen and oxygen atoms in total. The van der Waals surface area contributed by atoms with E-state index in [1.165, 1.54) is 31.2 Å². The summed E-state index contributed by atoms with van der Waals surface area (Å²) < 4.78 is 13.2. The van der Waals surface area contributed by atoms with Crippen molar-refractivity contribution < 1.29 is 9.18 Å². The maximum atomic E-state index is 13.2. The molecule has 1 amide bonds. The van der Waals surface area contributed by atoms with Crippen LogP contribution in [0.2, 0.25) is 0 Å². The van der Waals surface area contributed by atoms with Gasteiger partial charge in [0.05, 0.1) is 17.6 Å². The monoisotopic (exact) mass is 476 g/mol. The number of H-pyrrole nitrogens is 1. The molecule has 0 bridgehead atoms. The average Bonchev–Trinajstić information content (AvgIpc) is 3.21. The number of pyridine rings is 1. The van der Waals surface area contributed by atoms with E-state index in [0.29, 0.717) is 35.9 Å². The average molecular weight is 477 g/mol. The van der Waals surface area contributed by atoms with Crippen molar-refractivity contribution in [1.29, 1.82) is 0 Å². The Bertz CT molecular complexity index is 1270. The number of amides is 1. The van der Waals surface area contributed by atoms with E-state index in [4.69, 9.17) is 9.97 Å². The fourth-order valence-corrected chi connectivity index (χ4v) is 5.18. The summed E-state index contributed by atoms with van der Waals surface area (Å²) in [6.07, 6.45) is 7.26. The Hall–Kier alpha value is -3.56. The van der Waals surface area contributed by atoms with Gasteiger partial charge in [0.1, 0.15) is 11.9 Å². The Morgan fingerprint density at radius 1 is 1.26 bits per heavy atom. The molecule has 0 aromatic carbocycles. The first kappa shape index (κ1) is 21.9. The van der Waals surface area contributed by atoms with Crippen molar-refractivity contribution in [1.82, 2.24) is 25.1 Å². The summed E-state index contributed by atoms with van der Waals surface area (Å²) in [4.78, 5) is 28.6. The fourth-order valence-electron chi connectivity index (χ4n) is 5.18. The maximum Gasteiger partial charge on any atom is 0.247 e. The van der Waals surface area contributed by atoms with Crippen molar-refractivity contribution >= 4 is 29.2 Å². The van der Waals surface area contributed by atoms with Crippen molar-refractivity contribution in [2.45, 2.75) is 64.3 Å². The highest BCUT2D eigenvalue weighted by molar-refractivity contribution is 5.96. The number of anilines is 4. The largest absolute Gasteiger partial charge is 0.329 e. The molecule has 2 aliphatic carbocycles. The molecule has 2 fully saturated rings. The highest BCUT2D eigenvalue weighted by Gasteiger charge is 2.49. The lowest BCUT2D eigenvalue weighted by atomic mass is 10.0. The molecule has 1 unspecified atom stereocenters. The van der Waals surface area contributed by atoms with Gasteiger partial charge >= 0.3 is 0 Å². The van der Waals surface area contributed by atoms with Crippen LogP contribution in [0.15, 0.2) is 24.4 Å². The van der Waals surface area contributed by atoms with Gasteiger partial charge < -0.3 is 15.5 Å². The first-order valence-corrected chi connectivity index (χ1v) is 12.3. The lowest BCUT2D eigenvalue weighted by molar-refractivity contribution is -0.117. The van der Waals surface area contributed by atoms with Crippen molar-refractivity contribution in [2.75, 3.05) is 22.1 Å². The van der Waals surface area contributed by atoms with Crippen molar-refractivity contribution in [3.05, 3.63) is 47.3 Å². The summed E-state index contributed by atoms with van der Waals surface area (Å²) in [7, 11) is 0. The van der Waals surface area contributed by atoms with Crippen LogP contribution in [0.4, 0.5) is 27.7 Å². The Kier molecular flexibility index (Phi) is 5.19. The van der Waals surface area contributed by atoms with E-state index in [2.05, 4.69) is 39.7 Å². The van der Waals surface area contributed by atoms with Gasteiger partial charge in [0.2, 0.25) is 17.8 Å². The zero-order valence-corrected chi connectivity index (χ0v) is 19.9. The number of aromatic nitrogens is 5. The van der Waals surface area contributed by atoms with Gasteiger partial charge in [-0.05, 0) is 62.0 Å². The van der Waals surface area contributed by atoms with Gasteiger partial charge in [-0.3, -0.25) is 9.89 Å². The zero-order chi connectivity index (χ0) is 24.2. The molecule has 3 aliphatic rings. The van der Waals surface area contributed by atoms with Gasteiger partial charge in [0.25, 0.3) is 0 Å². The molecule has 1 aliphatic heterocycles. The molecular formula is C25H29FN8O. The van der Waals surface area contributed by atoms with Crippen LogP contribution in [0.3, 0.4) is 0 Å². The first-order valence-electron chi connectivity index (χ1n) is 12.3. The van der Waals surface area contributed by atoms with Crippen LogP contribution in [-0.2, 0) is 17.6 Å². The molecular weight excluding hydrogens is 447 g/mol. The minimum Gasteiger partial charge on any atom is -0.329 e. The number of nitrogens with one attached hydrogen (secondary N) is 3. The van der Waals surface area contributed by atoms with E-state index in [9.17, 15) is 9.18 Å². The number of hydrogen-bond donors (Lipinski definition) is 3. The molecule has 0 radical (unpaired) electrons. The predicted octanol–water partition coefficient (Wildman–Crippen LogP) is 4.09. The SMILES string of the molecule is CC(C)c1cc(Nc2nc(N3CCCC3C(=O)Nc3ccc(F)nc3)nc3c2CC2(CC2)C3)n[nH]1. The number of fused-ring (bicyclic) bond motifs is 1. The van der Waals surface area contributed by atoms with Crippen LogP contribution >= 0.6 is 0 Å². The smallest absolute Gasteiger partial charge is 0.247 e. The normalized spacial score (nSPS) is 19.9. The molecule has 1 spiro atoms. The van der Waals surface area contributed by atoms with Crippen LogP contribution in [0.5, 0.6) is 0 Å². The number of nitrogens with zero attached hydrogens (tertiary/aromatic N) is 5. The van der Waals surface area contributed by atoms with Gasteiger partial charge in [-0.1, -0.05) is 13.8 Å². The summed E-state index contributed by atoms with van der Waals surface area (Å²) in [5, 5.41) is 13.8. The third kappa shape index (κ3) is 4.21. The number of halogens is 1. The van der Waals surface area contributed by atoms with Crippen molar-refractivity contribution in [2.24, 2.45) is 5.41 Å². The standard InChI is InChI=1S/C25H29FN8O/c1-14(2)17-10-21(33-32-17)30-22-16-11-25(7-8-25)12-18(16)29-24(31-22)34-9-3-4-19(34)23(35)28-15-5-6-20(26)27-13-15/h5-6,10,13-14,19H,3-4,7-9,11-12H2,1-2H3,(H,28,35)(H2,29,30,31,32,33). The lowest BCUT2D eigenvalue weighted by Gasteiger charge is -2.25. The molecule has 182 valence electrons. The predicted molar refractivity (Wildman–Crippen MR) is 130 cm³/mol. The second-order valence-electron chi connectivity index (χ2n) is 10.3. The summed E-state index contributed by atoms with van der Waals surface area (Å²) in [6, 6.07) is 4.36. The molecule has 1 atom stereocenters. The van der Waals surface area contributed by atoms with Crippen molar-refractivity contribution in [3.8, 4) is 0 Å². The van der Waals surface area contributed by atoms with E-state index < -0.39 is 12.0 Å². The van der Waals surface area contributed by atoms with Crippen LogP contribution in [0.1, 0.15) is 62.4 Å². The van der Waals surface area contributed by atoms with Crippen LogP contribution in [0.25, 0.3) is 0 Å². The zero-order valence-electron chi connectivity index (χ0n) is 19.9. The summed E-state index contributed by atoms with van der Waals surface area (Å²) in [5.74, 6) is 1.68. The van der Waals surface area contributed by atoms with Crippen LogP contribution in [0, 0.1) is 11.4 Å². The summed E-state index contributed by atoms with van der Waals surface area (Å²) >= 11 is 0. The minimum absolute atomic E-state index is 0.165. The Balaban J connectivity index is 1.29. The molecule has 1 saturated carbocycles. The number of rotatable bonds is 6. The third-order valence-corrected chi connectivity index (χ3v) is 7.41. The van der Waals surface area contributed by atoms with E-state index >= 15 is 0 Å². The van der Waals surface area contributed by atoms with E-state index in [1.54, 1.807) is 0 Å². The number of carbonyl (C=O) groups is 1. The molecule has 1 saturated heterocycles. The Morgan fingerprint density at radius 2 is 2.11 bits per heavy atom. The van der Waals surface area contributed by atoms with Gasteiger partial charge in [-0.2, -0.15) is 14.5 Å². The third-order valence-electron chi connectivity index (χ3n) is 7.41. The highest BCUT2D eigenvalue weighted by Crippen LogP contribution is 2.56. The van der Waals surface area contributed by atoms with Gasteiger partial charge in [0, 0.05) is 23.9 Å². The van der Waals surface area contributed by atoms with E-state index in [-0.39, 0.29) is 5.91 Å². The van der Waals surface area contributed by atoms with Gasteiger partial charge in [0.15, 0.2) is 5.82 Å². The summed E-state index contributed by atoms with van der Waals surface area (Å²) in [5.41, 5.74) is 4.10. The fraction of sp³-hybridized carbons (Fsp3) is 0.480. The molecule has 3 aromatic heterocycles. The lowest BCUT2D eigenvalue weighted by Crippen LogP contribution is -2.40. The van der Waals surface area contributed by atoms with Gasteiger partial charge in [-0.15, -0.1) is 0 Å². The van der Waals surface area contributed by atoms with Gasteiger partial charge in [-0.25, -0.2) is 9.97 Å². The second kappa shape index (κ2) is 8.28. The molecule has 10 heteroatoms. The molecule has 3 aromatic rings. The molecule has 4 heterocycles. The quantitative estimate of drug-likeness (QED) is 0.460. The Morgan fingerprint density at radius 3 is 2.83 bits per heavy atom. The molecule has 35 heavy (non-hydrogen) atoms. The number of aromatic amines is 1. The second-order valence-corrected chi connectivity index (χ2v) is 10.3. The van der Waals surface area contributed by atoms with E-state index in [0.717, 1.165) is 47.8 Å². The summed E-state index contributed by atoms with van der Waals surface area (Å²) in [6.45, 7) is 4.94. The number of carbonyl (C=O) groups excluding carboxylic acids is 1. The molecule has 6 rings (SSSR count). The minimum atomic E-state index is -0.581. The topological polar surface area (TPSA) is 112 Å².